The van der Waals surface area contributed by atoms with Crippen molar-refractivity contribution in [2.45, 2.75) is 27.2 Å². The van der Waals surface area contributed by atoms with Gasteiger partial charge in [-0.3, -0.25) is 9.52 Å². The lowest BCUT2D eigenvalue weighted by atomic mass is 9.93. The summed E-state index contributed by atoms with van der Waals surface area (Å²) in [5.41, 5.74) is 0.277. The normalized spacial score (nSPS) is 16.8. The van der Waals surface area contributed by atoms with Crippen molar-refractivity contribution in [1.29, 1.82) is 0 Å². The van der Waals surface area contributed by atoms with E-state index in [4.69, 9.17) is 4.74 Å². The number of carbonyl (C=O) groups is 1. The minimum absolute atomic E-state index is 0.0446. The summed E-state index contributed by atoms with van der Waals surface area (Å²) >= 11 is 0. The van der Waals surface area contributed by atoms with Gasteiger partial charge in [0.05, 0.1) is 22.5 Å². The maximum Gasteiger partial charge on any atom is 0.236 e. The number of hydrogen-bond acceptors (Lipinski definition) is 4. The number of rotatable bonds is 6. The predicted octanol–water partition coefficient (Wildman–Crippen LogP) is 2.78. The van der Waals surface area contributed by atoms with Crippen LogP contribution in [0, 0.1) is 5.41 Å². The highest BCUT2D eigenvalue weighted by atomic mass is 32.2. The first kappa shape index (κ1) is 18.3. The topological polar surface area (TPSA) is 75.7 Å². The minimum atomic E-state index is -3.40. The third-order valence-electron chi connectivity index (χ3n) is 3.72. The molecule has 0 unspecified atom stereocenters. The lowest BCUT2D eigenvalue weighted by Crippen LogP contribution is -2.42. The summed E-state index contributed by atoms with van der Waals surface area (Å²) in [6, 6.07) is 4.95. The van der Waals surface area contributed by atoms with Gasteiger partial charge in [-0.25, -0.2) is 8.42 Å². The summed E-state index contributed by atoms with van der Waals surface area (Å²) in [5, 5.41) is 0. The lowest BCUT2D eigenvalue weighted by Gasteiger charge is -2.27. The van der Waals surface area contributed by atoms with Gasteiger partial charge in [0.2, 0.25) is 15.9 Å². The fourth-order valence-corrected chi connectivity index (χ4v) is 3.64. The molecular weight excluding hydrogens is 328 g/mol. The van der Waals surface area contributed by atoms with Crippen molar-refractivity contribution in [3.05, 3.63) is 30.9 Å². The van der Waals surface area contributed by atoms with Crippen molar-refractivity contribution in [2.24, 2.45) is 5.41 Å². The van der Waals surface area contributed by atoms with Gasteiger partial charge in [-0.05, 0) is 38.5 Å². The zero-order valence-corrected chi connectivity index (χ0v) is 15.1. The second-order valence-electron chi connectivity index (χ2n) is 6.48. The highest BCUT2D eigenvalue weighted by Crippen LogP contribution is 2.38. The number of carbonyl (C=O) groups excluding carboxylic acids is 1. The second-order valence-corrected chi connectivity index (χ2v) is 8.32. The van der Waals surface area contributed by atoms with Gasteiger partial charge in [-0.15, -0.1) is 6.58 Å². The Morgan fingerprint density at radius 3 is 2.75 bits per heavy atom. The predicted molar refractivity (Wildman–Crippen MR) is 96.0 cm³/mol. The quantitative estimate of drug-likeness (QED) is 0.799. The van der Waals surface area contributed by atoms with Crippen LogP contribution in [-0.2, 0) is 14.8 Å². The summed E-state index contributed by atoms with van der Waals surface area (Å²) in [4.78, 5) is 14.4. The molecule has 2 rings (SSSR count). The third-order valence-corrected chi connectivity index (χ3v) is 5.21. The summed E-state index contributed by atoms with van der Waals surface area (Å²) in [6.45, 7) is 9.73. The fourth-order valence-electron chi connectivity index (χ4n) is 2.52. The molecule has 1 aliphatic heterocycles. The summed E-state index contributed by atoms with van der Waals surface area (Å²) in [6.07, 6.45) is 2.16. The Morgan fingerprint density at radius 2 is 2.12 bits per heavy atom. The molecule has 0 atom stereocenters. The van der Waals surface area contributed by atoms with Crippen molar-refractivity contribution < 1.29 is 17.9 Å². The van der Waals surface area contributed by atoms with Gasteiger partial charge in [0, 0.05) is 6.54 Å². The molecule has 7 heteroatoms. The van der Waals surface area contributed by atoms with Crippen LogP contribution in [0.5, 0.6) is 5.75 Å². The van der Waals surface area contributed by atoms with Gasteiger partial charge in [-0.2, -0.15) is 0 Å². The van der Waals surface area contributed by atoms with E-state index in [0.29, 0.717) is 30.1 Å². The SMILES string of the molecule is C=CCN1C(=O)C(C)(C)COc2ccc(NS(=O)(=O)CCC)cc21. The van der Waals surface area contributed by atoms with Gasteiger partial charge in [-0.1, -0.05) is 13.0 Å². The lowest BCUT2D eigenvalue weighted by molar-refractivity contribution is -0.127. The van der Waals surface area contributed by atoms with E-state index >= 15 is 0 Å². The first-order valence-corrected chi connectivity index (χ1v) is 9.55. The molecule has 0 spiro atoms. The molecule has 0 bridgehead atoms. The van der Waals surface area contributed by atoms with Crippen LogP contribution in [0.25, 0.3) is 0 Å². The average Bonchev–Trinajstić information content (AvgIpc) is 2.58. The van der Waals surface area contributed by atoms with Crippen LogP contribution in [0.3, 0.4) is 0 Å². The van der Waals surface area contributed by atoms with Crippen LogP contribution in [0.4, 0.5) is 11.4 Å². The number of sulfonamides is 1. The van der Waals surface area contributed by atoms with E-state index in [2.05, 4.69) is 11.3 Å². The van der Waals surface area contributed by atoms with Gasteiger partial charge >= 0.3 is 0 Å². The second kappa shape index (κ2) is 6.84. The summed E-state index contributed by atoms with van der Waals surface area (Å²) in [7, 11) is -3.40. The molecule has 24 heavy (non-hydrogen) atoms. The van der Waals surface area contributed by atoms with E-state index in [-0.39, 0.29) is 18.3 Å². The molecule has 0 saturated carbocycles. The van der Waals surface area contributed by atoms with E-state index in [1.807, 2.05) is 13.8 Å². The van der Waals surface area contributed by atoms with Crippen LogP contribution in [-0.4, -0.2) is 33.2 Å². The average molecular weight is 352 g/mol. The first-order chi connectivity index (χ1) is 11.2. The molecule has 1 N–H and O–H groups in total. The number of nitrogens with zero attached hydrogens (tertiary/aromatic N) is 1. The monoisotopic (exact) mass is 352 g/mol. The number of ether oxygens (including phenoxy) is 1. The Labute approximate surface area is 143 Å². The molecule has 1 amide bonds. The van der Waals surface area contributed by atoms with E-state index in [0.717, 1.165) is 0 Å². The van der Waals surface area contributed by atoms with Crippen molar-refractivity contribution in [3.8, 4) is 5.75 Å². The molecule has 0 radical (unpaired) electrons. The van der Waals surface area contributed by atoms with Crippen LogP contribution < -0.4 is 14.4 Å². The van der Waals surface area contributed by atoms with Gasteiger partial charge in [0.25, 0.3) is 0 Å². The van der Waals surface area contributed by atoms with Crippen molar-refractivity contribution in [3.63, 3.8) is 0 Å². The molecule has 0 saturated heterocycles. The van der Waals surface area contributed by atoms with E-state index in [1.165, 1.54) is 0 Å². The minimum Gasteiger partial charge on any atom is -0.490 e. The first-order valence-electron chi connectivity index (χ1n) is 7.90. The molecule has 1 aromatic carbocycles. The molecule has 132 valence electrons. The van der Waals surface area contributed by atoms with Crippen LogP contribution >= 0.6 is 0 Å². The summed E-state index contributed by atoms with van der Waals surface area (Å²) < 4.78 is 32.3. The van der Waals surface area contributed by atoms with Gasteiger partial charge < -0.3 is 9.64 Å². The Hall–Kier alpha value is -2.02. The largest absolute Gasteiger partial charge is 0.490 e. The van der Waals surface area contributed by atoms with Gasteiger partial charge in [0.15, 0.2) is 0 Å². The van der Waals surface area contributed by atoms with Crippen LogP contribution in [0.1, 0.15) is 27.2 Å². The highest BCUT2D eigenvalue weighted by molar-refractivity contribution is 7.92. The summed E-state index contributed by atoms with van der Waals surface area (Å²) in [5.74, 6) is 0.507. The van der Waals surface area contributed by atoms with Crippen molar-refractivity contribution >= 4 is 27.3 Å². The fraction of sp³-hybridized carbons (Fsp3) is 0.471. The van der Waals surface area contributed by atoms with Crippen molar-refractivity contribution in [2.75, 3.05) is 28.5 Å². The molecule has 0 aromatic heterocycles. The molecule has 1 heterocycles. The van der Waals surface area contributed by atoms with Crippen LogP contribution in [0.2, 0.25) is 0 Å². The Balaban J connectivity index is 2.44. The standard InChI is InChI=1S/C17H24N2O4S/c1-5-9-19-14-11-13(18-24(21,22)10-6-2)7-8-15(14)23-12-17(3,4)16(19)20/h5,7-8,11,18H,1,6,9-10,12H2,2-4H3. The van der Waals surface area contributed by atoms with E-state index in [9.17, 15) is 13.2 Å². The van der Waals surface area contributed by atoms with Crippen molar-refractivity contribution in [1.82, 2.24) is 0 Å². The number of benzene rings is 1. The molecule has 1 aliphatic rings. The molecule has 1 aromatic rings. The zero-order chi connectivity index (χ0) is 18.0. The molecular formula is C17H24N2O4S. The van der Waals surface area contributed by atoms with Gasteiger partial charge in [0.1, 0.15) is 12.4 Å². The van der Waals surface area contributed by atoms with E-state index in [1.54, 1.807) is 36.1 Å². The smallest absolute Gasteiger partial charge is 0.236 e. The number of hydrogen-bond donors (Lipinski definition) is 1. The maximum absolute atomic E-state index is 12.8. The Morgan fingerprint density at radius 1 is 1.42 bits per heavy atom. The molecule has 0 fully saturated rings. The van der Waals surface area contributed by atoms with E-state index < -0.39 is 15.4 Å². The Kier molecular flexibility index (Phi) is 5.22. The maximum atomic E-state index is 12.8. The number of anilines is 2. The third kappa shape index (κ3) is 3.90. The Bertz CT molecular complexity index is 741. The number of nitrogens with one attached hydrogen (secondary N) is 1. The number of fused-ring (bicyclic) bond motifs is 1. The molecule has 0 aliphatic carbocycles. The zero-order valence-electron chi connectivity index (χ0n) is 14.3. The number of amides is 1. The molecule has 6 nitrogen and oxygen atoms in total. The highest BCUT2D eigenvalue weighted by Gasteiger charge is 2.37. The van der Waals surface area contributed by atoms with Crippen LogP contribution in [0.15, 0.2) is 30.9 Å².